The number of pyridine rings is 1. The maximum atomic E-state index is 12.4. The number of hydrogen-bond donors (Lipinski definition) is 1. The van der Waals surface area contributed by atoms with Crippen LogP contribution in [0.25, 0.3) is 5.57 Å². The Hall–Kier alpha value is -3.06. The molecule has 32 heavy (non-hydrogen) atoms. The highest BCUT2D eigenvalue weighted by Gasteiger charge is 2.24. The van der Waals surface area contributed by atoms with E-state index in [-0.39, 0.29) is 18.4 Å². The van der Waals surface area contributed by atoms with E-state index in [1.807, 2.05) is 45.0 Å². The highest BCUT2D eigenvalue weighted by Crippen LogP contribution is 2.26. The molecule has 0 saturated heterocycles. The van der Waals surface area contributed by atoms with Crippen LogP contribution in [0.5, 0.6) is 5.75 Å². The van der Waals surface area contributed by atoms with E-state index >= 15 is 0 Å². The van der Waals surface area contributed by atoms with Gasteiger partial charge in [0, 0.05) is 19.2 Å². The van der Waals surface area contributed by atoms with Crippen molar-refractivity contribution in [2.45, 2.75) is 39.2 Å². The topological polar surface area (TPSA) is 80.8 Å². The number of methoxy groups -OCH3 is 1. The third kappa shape index (κ3) is 6.47. The summed E-state index contributed by atoms with van der Waals surface area (Å²) in [6.45, 7) is 6.72. The van der Waals surface area contributed by atoms with E-state index in [2.05, 4.69) is 16.4 Å². The van der Waals surface area contributed by atoms with Crippen LogP contribution in [0.3, 0.4) is 0 Å². The molecule has 1 N–H and O–H groups in total. The largest absolute Gasteiger partial charge is 0.495 e. The van der Waals surface area contributed by atoms with Crippen molar-refractivity contribution >= 4 is 35.0 Å². The van der Waals surface area contributed by atoms with Crippen LogP contribution in [-0.4, -0.2) is 47.7 Å². The third-order valence-corrected chi connectivity index (χ3v) is 5.08. The first-order chi connectivity index (χ1) is 15.1. The standard InChI is InChI=1S/C24H28ClN3O4/c1-24(2,3)32-23(30)28-11-5-6-18(15-28)17-9-7-16(8-10-17)12-22(29)27-21-13-20(31-4)19(25)14-26-21/h6-10,13-14H,5,11-12,15H2,1-4H3,(H,26,27,29). The highest BCUT2D eigenvalue weighted by molar-refractivity contribution is 6.32. The Bertz CT molecular complexity index is 1010. The van der Waals surface area contributed by atoms with Crippen molar-refractivity contribution in [3.8, 4) is 5.75 Å². The highest BCUT2D eigenvalue weighted by atomic mass is 35.5. The summed E-state index contributed by atoms with van der Waals surface area (Å²) in [7, 11) is 1.50. The van der Waals surface area contributed by atoms with Gasteiger partial charge in [0.25, 0.3) is 0 Å². The molecule has 2 amide bonds. The quantitative estimate of drug-likeness (QED) is 0.687. The van der Waals surface area contributed by atoms with Gasteiger partial charge in [-0.2, -0.15) is 0 Å². The Kier molecular flexibility index (Phi) is 7.40. The number of ether oxygens (including phenoxy) is 2. The Morgan fingerprint density at radius 1 is 1.22 bits per heavy atom. The summed E-state index contributed by atoms with van der Waals surface area (Å²) in [6, 6.07) is 9.35. The monoisotopic (exact) mass is 457 g/mol. The SMILES string of the molecule is COc1cc(NC(=O)Cc2ccc(C3=CCCN(C(=O)OC(C)(C)C)C3)cc2)ncc1Cl. The van der Waals surface area contributed by atoms with Crippen molar-refractivity contribution in [1.82, 2.24) is 9.88 Å². The molecule has 2 heterocycles. The van der Waals surface area contributed by atoms with Crippen LogP contribution in [0.2, 0.25) is 5.02 Å². The molecule has 0 spiro atoms. The number of carbonyl (C=O) groups is 2. The van der Waals surface area contributed by atoms with Gasteiger partial charge in [-0.1, -0.05) is 41.9 Å². The Labute approximate surface area is 193 Å². The number of aromatic nitrogens is 1. The molecule has 1 aliphatic heterocycles. The molecule has 0 bridgehead atoms. The van der Waals surface area contributed by atoms with E-state index in [0.717, 1.165) is 23.1 Å². The molecular formula is C24H28ClN3O4. The summed E-state index contributed by atoms with van der Waals surface area (Å²) in [5, 5.41) is 3.13. The van der Waals surface area contributed by atoms with Gasteiger partial charge in [0.15, 0.2) is 0 Å². The molecule has 7 nitrogen and oxygen atoms in total. The Morgan fingerprint density at radius 3 is 2.59 bits per heavy atom. The van der Waals surface area contributed by atoms with E-state index in [1.54, 1.807) is 11.0 Å². The van der Waals surface area contributed by atoms with Gasteiger partial charge in [0.1, 0.15) is 22.2 Å². The minimum atomic E-state index is -0.521. The first-order valence-corrected chi connectivity index (χ1v) is 10.8. The van der Waals surface area contributed by atoms with E-state index < -0.39 is 5.60 Å². The molecular weight excluding hydrogens is 430 g/mol. The van der Waals surface area contributed by atoms with Gasteiger partial charge in [0.05, 0.1) is 19.7 Å². The summed E-state index contributed by atoms with van der Waals surface area (Å²) in [4.78, 5) is 30.6. The maximum absolute atomic E-state index is 12.4. The first kappa shape index (κ1) is 23.6. The van der Waals surface area contributed by atoms with Crippen molar-refractivity contribution < 1.29 is 19.1 Å². The summed E-state index contributed by atoms with van der Waals surface area (Å²) >= 11 is 5.96. The molecule has 1 aromatic heterocycles. The predicted octanol–water partition coefficient (Wildman–Crippen LogP) is 4.95. The molecule has 0 fully saturated rings. The van der Waals surface area contributed by atoms with Gasteiger partial charge < -0.3 is 19.7 Å². The molecule has 1 aromatic carbocycles. The zero-order valence-corrected chi connectivity index (χ0v) is 19.5. The van der Waals surface area contributed by atoms with Crippen LogP contribution in [-0.2, 0) is 16.0 Å². The number of carbonyl (C=O) groups excluding carboxylic acids is 2. The molecule has 2 aromatic rings. The van der Waals surface area contributed by atoms with E-state index in [9.17, 15) is 9.59 Å². The smallest absolute Gasteiger partial charge is 0.410 e. The van der Waals surface area contributed by atoms with Crippen molar-refractivity contribution in [3.63, 3.8) is 0 Å². The predicted molar refractivity (Wildman–Crippen MR) is 125 cm³/mol. The third-order valence-electron chi connectivity index (χ3n) is 4.80. The first-order valence-electron chi connectivity index (χ1n) is 10.4. The second kappa shape index (κ2) is 10.0. The lowest BCUT2D eigenvalue weighted by Crippen LogP contribution is -2.39. The van der Waals surface area contributed by atoms with Gasteiger partial charge in [-0.05, 0) is 43.9 Å². The maximum Gasteiger partial charge on any atom is 0.410 e. The number of halogens is 1. The van der Waals surface area contributed by atoms with Crippen LogP contribution in [0.1, 0.15) is 38.3 Å². The normalized spacial score (nSPS) is 13.9. The van der Waals surface area contributed by atoms with Crippen LogP contribution >= 0.6 is 11.6 Å². The Balaban J connectivity index is 1.59. The number of anilines is 1. The average Bonchev–Trinajstić information content (AvgIpc) is 2.74. The van der Waals surface area contributed by atoms with Gasteiger partial charge in [0.2, 0.25) is 5.91 Å². The number of nitrogens with zero attached hydrogens (tertiary/aromatic N) is 2. The van der Waals surface area contributed by atoms with Crippen LogP contribution in [0, 0.1) is 0 Å². The minimum absolute atomic E-state index is 0.192. The molecule has 0 unspecified atom stereocenters. The fraction of sp³-hybridized carbons (Fsp3) is 0.375. The second-order valence-electron chi connectivity index (χ2n) is 8.55. The summed E-state index contributed by atoms with van der Waals surface area (Å²) < 4.78 is 10.6. The van der Waals surface area contributed by atoms with Crippen molar-refractivity contribution in [2.75, 3.05) is 25.5 Å². The van der Waals surface area contributed by atoms with E-state index in [4.69, 9.17) is 21.1 Å². The van der Waals surface area contributed by atoms with Gasteiger partial charge >= 0.3 is 6.09 Å². The van der Waals surface area contributed by atoms with Gasteiger partial charge in [-0.3, -0.25) is 4.79 Å². The van der Waals surface area contributed by atoms with Crippen LogP contribution < -0.4 is 10.1 Å². The number of nitrogens with one attached hydrogen (secondary N) is 1. The summed E-state index contributed by atoms with van der Waals surface area (Å²) in [5.41, 5.74) is 2.43. The lowest BCUT2D eigenvalue weighted by molar-refractivity contribution is -0.115. The molecule has 8 heteroatoms. The number of amides is 2. The molecule has 0 atom stereocenters. The fourth-order valence-electron chi connectivity index (χ4n) is 3.29. The van der Waals surface area contributed by atoms with Crippen LogP contribution in [0.15, 0.2) is 42.6 Å². The molecule has 0 saturated carbocycles. The van der Waals surface area contributed by atoms with Gasteiger partial charge in [-0.15, -0.1) is 0 Å². The molecule has 0 aliphatic carbocycles. The van der Waals surface area contributed by atoms with Crippen molar-refractivity contribution in [1.29, 1.82) is 0 Å². The second-order valence-corrected chi connectivity index (χ2v) is 8.95. The number of benzene rings is 1. The molecule has 0 radical (unpaired) electrons. The lowest BCUT2D eigenvalue weighted by Gasteiger charge is -2.30. The fourth-order valence-corrected chi connectivity index (χ4v) is 3.47. The average molecular weight is 458 g/mol. The van der Waals surface area contributed by atoms with E-state index in [1.165, 1.54) is 13.3 Å². The van der Waals surface area contributed by atoms with Crippen LogP contribution in [0.4, 0.5) is 10.6 Å². The lowest BCUT2D eigenvalue weighted by atomic mass is 9.99. The molecule has 3 rings (SSSR count). The van der Waals surface area contributed by atoms with Crippen molar-refractivity contribution in [3.05, 3.63) is 58.8 Å². The zero-order valence-electron chi connectivity index (χ0n) is 18.8. The van der Waals surface area contributed by atoms with Gasteiger partial charge in [-0.25, -0.2) is 9.78 Å². The minimum Gasteiger partial charge on any atom is -0.495 e. The summed E-state index contributed by atoms with van der Waals surface area (Å²) in [5.74, 6) is 0.632. The Morgan fingerprint density at radius 2 is 1.94 bits per heavy atom. The van der Waals surface area contributed by atoms with E-state index in [0.29, 0.717) is 29.7 Å². The number of rotatable bonds is 5. The summed E-state index contributed by atoms with van der Waals surface area (Å²) in [6.07, 6.45) is 4.25. The van der Waals surface area contributed by atoms with Crippen molar-refractivity contribution in [2.24, 2.45) is 0 Å². The number of hydrogen-bond acceptors (Lipinski definition) is 5. The zero-order chi connectivity index (χ0) is 23.3. The molecule has 1 aliphatic rings. The molecule has 170 valence electrons.